The van der Waals surface area contributed by atoms with Gasteiger partial charge in [0.05, 0.1) is 59.0 Å². The largest absolute Gasteiger partial charge is 0.378 e. The third kappa shape index (κ3) is 7.84. The summed E-state index contributed by atoms with van der Waals surface area (Å²) in [7, 11) is 0. The number of ether oxygens (including phenoxy) is 7. The molecule has 2 rings (SSSR count). The Morgan fingerprint density at radius 3 is 2.12 bits per heavy atom. The molecule has 0 bridgehead atoms. The Bertz CT molecular complexity index is 356. The SMILES string of the molecule is CC1(C)O[C@H]2[C@@H](COCCOCCOCCOCCN)OCC[C@H]2O1. The van der Waals surface area contributed by atoms with Crippen LogP contribution in [-0.2, 0) is 33.2 Å². The highest BCUT2D eigenvalue weighted by Crippen LogP contribution is 2.35. The van der Waals surface area contributed by atoms with Crippen molar-refractivity contribution in [2.75, 3.05) is 66.0 Å². The molecule has 148 valence electrons. The summed E-state index contributed by atoms with van der Waals surface area (Å²) < 4.78 is 39.3. The Morgan fingerprint density at radius 1 is 0.880 bits per heavy atom. The summed E-state index contributed by atoms with van der Waals surface area (Å²) in [6, 6.07) is 0. The van der Waals surface area contributed by atoms with Crippen LogP contribution < -0.4 is 5.73 Å². The molecule has 0 aromatic rings. The summed E-state index contributed by atoms with van der Waals surface area (Å²) in [6.07, 6.45) is 0.821. The van der Waals surface area contributed by atoms with E-state index >= 15 is 0 Å². The van der Waals surface area contributed by atoms with Crippen LogP contribution in [-0.4, -0.2) is 90.1 Å². The Kier molecular flexibility index (Phi) is 9.57. The van der Waals surface area contributed by atoms with E-state index in [9.17, 15) is 0 Å². The van der Waals surface area contributed by atoms with Gasteiger partial charge in [-0.25, -0.2) is 0 Å². The molecular formula is C17H33NO7. The van der Waals surface area contributed by atoms with Gasteiger partial charge in [0.2, 0.25) is 0 Å². The summed E-state index contributed by atoms with van der Waals surface area (Å²) in [6.45, 7) is 9.37. The van der Waals surface area contributed by atoms with Crippen LogP contribution >= 0.6 is 0 Å². The minimum absolute atomic E-state index is 0.0560. The van der Waals surface area contributed by atoms with Gasteiger partial charge in [0.25, 0.3) is 0 Å². The van der Waals surface area contributed by atoms with E-state index in [0.717, 1.165) is 6.42 Å². The normalized spacial score (nSPS) is 28.2. The minimum atomic E-state index is -0.542. The minimum Gasteiger partial charge on any atom is -0.378 e. The van der Waals surface area contributed by atoms with E-state index < -0.39 is 5.79 Å². The van der Waals surface area contributed by atoms with Gasteiger partial charge in [-0.2, -0.15) is 0 Å². The third-order valence-corrected chi connectivity index (χ3v) is 3.98. The van der Waals surface area contributed by atoms with Gasteiger partial charge in [-0.05, 0) is 20.3 Å². The first-order valence-corrected chi connectivity index (χ1v) is 9.10. The number of rotatable bonds is 13. The molecule has 2 aliphatic heterocycles. The van der Waals surface area contributed by atoms with Crippen molar-refractivity contribution >= 4 is 0 Å². The number of hydrogen-bond donors (Lipinski definition) is 1. The lowest BCUT2D eigenvalue weighted by Crippen LogP contribution is -2.45. The Morgan fingerprint density at radius 2 is 1.48 bits per heavy atom. The highest BCUT2D eigenvalue weighted by atomic mass is 16.8. The molecule has 2 N–H and O–H groups in total. The number of hydrogen-bond acceptors (Lipinski definition) is 8. The average molecular weight is 363 g/mol. The van der Waals surface area contributed by atoms with Gasteiger partial charge in [0.15, 0.2) is 5.79 Å². The lowest BCUT2D eigenvalue weighted by atomic mass is 10.0. The second-order valence-corrected chi connectivity index (χ2v) is 6.54. The molecule has 2 heterocycles. The van der Waals surface area contributed by atoms with Crippen molar-refractivity contribution in [1.29, 1.82) is 0 Å². The fourth-order valence-electron chi connectivity index (χ4n) is 2.92. The van der Waals surface area contributed by atoms with Crippen molar-refractivity contribution in [3.8, 4) is 0 Å². The molecule has 0 unspecified atom stereocenters. The van der Waals surface area contributed by atoms with Crippen molar-refractivity contribution in [2.24, 2.45) is 5.73 Å². The number of fused-ring (bicyclic) bond motifs is 1. The van der Waals surface area contributed by atoms with Gasteiger partial charge < -0.3 is 38.9 Å². The molecule has 0 aromatic carbocycles. The summed E-state index contributed by atoms with van der Waals surface area (Å²) in [5, 5.41) is 0. The van der Waals surface area contributed by atoms with E-state index in [-0.39, 0.29) is 18.3 Å². The van der Waals surface area contributed by atoms with Gasteiger partial charge in [-0.1, -0.05) is 0 Å². The van der Waals surface area contributed by atoms with Gasteiger partial charge in [0, 0.05) is 13.2 Å². The maximum atomic E-state index is 5.93. The average Bonchev–Trinajstić information content (AvgIpc) is 2.90. The van der Waals surface area contributed by atoms with Crippen LogP contribution in [0.1, 0.15) is 20.3 Å². The monoisotopic (exact) mass is 363 g/mol. The quantitative estimate of drug-likeness (QED) is 0.468. The molecule has 2 saturated heterocycles. The Hall–Kier alpha value is -0.320. The van der Waals surface area contributed by atoms with E-state index in [1.165, 1.54) is 0 Å². The standard InChI is InChI=1S/C17H33NO7/c1-17(2)24-14-3-5-23-15(16(14)25-17)13-22-12-11-21-10-9-20-8-7-19-6-4-18/h14-16H,3-13,18H2,1-2H3/t14-,15-,16-/m1/s1. The van der Waals surface area contributed by atoms with E-state index in [2.05, 4.69) is 0 Å². The van der Waals surface area contributed by atoms with Crippen LogP contribution in [0.3, 0.4) is 0 Å². The van der Waals surface area contributed by atoms with Crippen molar-refractivity contribution in [1.82, 2.24) is 0 Å². The molecule has 25 heavy (non-hydrogen) atoms. The van der Waals surface area contributed by atoms with Gasteiger partial charge in [-0.15, -0.1) is 0 Å². The molecule has 0 saturated carbocycles. The Balaban J connectivity index is 1.43. The fourth-order valence-corrected chi connectivity index (χ4v) is 2.92. The second kappa shape index (κ2) is 11.4. The Labute approximate surface area is 150 Å². The van der Waals surface area contributed by atoms with Crippen LogP contribution in [0.5, 0.6) is 0 Å². The third-order valence-electron chi connectivity index (χ3n) is 3.98. The lowest BCUT2D eigenvalue weighted by Gasteiger charge is -2.31. The van der Waals surface area contributed by atoms with Gasteiger partial charge >= 0.3 is 0 Å². The van der Waals surface area contributed by atoms with Crippen LogP contribution in [0.4, 0.5) is 0 Å². The zero-order valence-electron chi connectivity index (χ0n) is 15.4. The van der Waals surface area contributed by atoms with Crippen molar-refractivity contribution in [3.63, 3.8) is 0 Å². The molecule has 0 radical (unpaired) electrons. The summed E-state index contributed by atoms with van der Waals surface area (Å²) >= 11 is 0. The highest BCUT2D eigenvalue weighted by Gasteiger charge is 2.47. The van der Waals surface area contributed by atoms with Crippen molar-refractivity contribution in [2.45, 2.75) is 44.4 Å². The van der Waals surface area contributed by atoms with E-state index in [0.29, 0.717) is 66.0 Å². The molecule has 3 atom stereocenters. The van der Waals surface area contributed by atoms with E-state index in [4.69, 9.17) is 38.9 Å². The molecule has 0 amide bonds. The smallest absolute Gasteiger partial charge is 0.163 e. The lowest BCUT2D eigenvalue weighted by molar-refractivity contribution is -0.160. The summed E-state index contributed by atoms with van der Waals surface area (Å²) in [4.78, 5) is 0. The fraction of sp³-hybridized carbons (Fsp3) is 1.00. The zero-order chi connectivity index (χ0) is 18.0. The van der Waals surface area contributed by atoms with Crippen molar-refractivity contribution in [3.05, 3.63) is 0 Å². The van der Waals surface area contributed by atoms with Crippen LogP contribution in [0.25, 0.3) is 0 Å². The van der Waals surface area contributed by atoms with E-state index in [1.54, 1.807) is 0 Å². The molecule has 0 spiro atoms. The number of nitrogens with two attached hydrogens (primary N) is 1. The molecule has 0 aliphatic carbocycles. The van der Waals surface area contributed by atoms with Gasteiger partial charge in [-0.3, -0.25) is 0 Å². The summed E-state index contributed by atoms with van der Waals surface area (Å²) in [5.41, 5.74) is 5.31. The second-order valence-electron chi connectivity index (χ2n) is 6.54. The molecule has 2 fully saturated rings. The molecule has 8 heteroatoms. The maximum absolute atomic E-state index is 5.93. The van der Waals surface area contributed by atoms with Crippen LogP contribution in [0, 0.1) is 0 Å². The van der Waals surface area contributed by atoms with Crippen LogP contribution in [0.2, 0.25) is 0 Å². The first kappa shape index (κ1) is 21.0. The maximum Gasteiger partial charge on any atom is 0.163 e. The van der Waals surface area contributed by atoms with Crippen molar-refractivity contribution < 1.29 is 33.2 Å². The molecule has 2 aliphatic rings. The van der Waals surface area contributed by atoms with Gasteiger partial charge in [0.1, 0.15) is 12.2 Å². The molecular weight excluding hydrogens is 330 g/mol. The predicted octanol–water partition coefficient (Wildman–Crippen LogP) is 0.321. The molecule has 8 nitrogen and oxygen atoms in total. The topological polar surface area (TPSA) is 90.6 Å². The van der Waals surface area contributed by atoms with E-state index in [1.807, 2.05) is 13.8 Å². The first-order chi connectivity index (χ1) is 12.1. The zero-order valence-corrected chi connectivity index (χ0v) is 15.4. The van der Waals surface area contributed by atoms with Crippen LogP contribution in [0.15, 0.2) is 0 Å². The summed E-state index contributed by atoms with van der Waals surface area (Å²) in [5.74, 6) is -0.542. The predicted molar refractivity (Wildman–Crippen MR) is 90.5 cm³/mol. The first-order valence-electron chi connectivity index (χ1n) is 9.10. The highest BCUT2D eigenvalue weighted by molar-refractivity contribution is 4.90. The molecule has 0 aromatic heterocycles.